The molecule has 0 spiro atoms. The molecule has 0 atom stereocenters. The van der Waals surface area contributed by atoms with Crippen LogP contribution < -0.4 is 0 Å². The van der Waals surface area contributed by atoms with E-state index in [9.17, 15) is 9.18 Å². The number of rotatable bonds is 4. The third-order valence-corrected chi connectivity index (χ3v) is 3.76. The summed E-state index contributed by atoms with van der Waals surface area (Å²) in [5.41, 5.74) is 2.16. The molecular weight excluding hydrogens is 319 g/mol. The molecule has 0 aliphatic rings. The van der Waals surface area contributed by atoms with Crippen molar-refractivity contribution < 1.29 is 14.3 Å². The van der Waals surface area contributed by atoms with Crippen LogP contribution in [0, 0.1) is 5.82 Å². The van der Waals surface area contributed by atoms with Crippen molar-refractivity contribution in [2.75, 3.05) is 0 Å². The van der Waals surface area contributed by atoms with Crippen LogP contribution in [0.4, 0.5) is 4.39 Å². The Kier molecular flexibility index (Phi) is 4.12. The zero-order valence-corrected chi connectivity index (χ0v) is 12.7. The molecule has 0 saturated carbocycles. The third kappa shape index (κ3) is 3.10. The summed E-state index contributed by atoms with van der Waals surface area (Å²) in [7, 11) is 0. The summed E-state index contributed by atoms with van der Waals surface area (Å²) in [5, 5.41) is 13.8. The van der Waals surface area contributed by atoms with Crippen LogP contribution in [0.1, 0.15) is 5.56 Å². The number of hydrogen-bond acceptors (Lipinski definition) is 2. The lowest BCUT2D eigenvalue weighted by Gasteiger charge is -2.02. The second-order valence-corrected chi connectivity index (χ2v) is 5.30. The van der Waals surface area contributed by atoms with Crippen molar-refractivity contribution in [2.24, 2.45) is 0 Å². The lowest BCUT2D eigenvalue weighted by atomic mass is 10.1. The van der Waals surface area contributed by atoms with Gasteiger partial charge in [0.15, 0.2) is 0 Å². The number of halogens is 2. The van der Waals surface area contributed by atoms with Gasteiger partial charge in [-0.3, -0.25) is 4.79 Å². The number of aromatic nitrogens is 2. The van der Waals surface area contributed by atoms with Crippen molar-refractivity contribution in [1.82, 2.24) is 9.78 Å². The van der Waals surface area contributed by atoms with Gasteiger partial charge in [-0.15, -0.1) is 0 Å². The molecule has 4 nitrogen and oxygen atoms in total. The van der Waals surface area contributed by atoms with Crippen molar-refractivity contribution in [2.45, 2.75) is 6.42 Å². The smallest absolute Gasteiger partial charge is 0.308 e. The fourth-order valence-electron chi connectivity index (χ4n) is 2.32. The minimum absolute atomic E-state index is 0.234. The molecule has 0 fully saturated rings. The molecule has 1 heterocycles. The second kappa shape index (κ2) is 6.22. The lowest BCUT2D eigenvalue weighted by Crippen LogP contribution is -2.01. The van der Waals surface area contributed by atoms with E-state index >= 15 is 0 Å². The molecule has 1 N–H and O–H groups in total. The Hall–Kier alpha value is -2.66. The van der Waals surface area contributed by atoms with Gasteiger partial charge in [0.25, 0.3) is 0 Å². The monoisotopic (exact) mass is 330 g/mol. The highest BCUT2D eigenvalue weighted by Gasteiger charge is 2.20. The zero-order valence-electron chi connectivity index (χ0n) is 11.9. The number of benzene rings is 2. The predicted molar refractivity (Wildman–Crippen MR) is 85.3 cm³/mol. The molecule has 0 saturated heterocycles. The van der Waals surface area contributed by atoms with Crippen molar-refractivity contribution >= 4 is 17.6 Å². The molecule has 0 amide bonds. The quantitative estimate of drug-likeness (QED) is 0.787. The average molecular weight is 331 g/mol. The molecule has 3 aromatic rings. The van der Waals surface area contributed by atoms with Crippen LogP contribution in [0.5, 0.6) is 0 Å². The number of carboxylic acids is 1. The Morgan fingerprint density at radius 1 is 1.13 bits per heavy atom. The number of para-hydroxylation sites is 1. The third-order valence-electron chi connectivity index (χ3n) is 3.37. The normalized spacial score (nSPS) is 10.7. The first-order valence-corrected chi connectivity index (χ1v) is 7.24. The molecule has 0 unspecified atom stereocenters. The van der Waals surface area contributed by atoms with Crippen LogP contribution >= 0.6 is 11.6 Å². The van der Waals surface area contributed by atoms with Gasteiger partial charge in [-0.25, -0.2) is 9.07 Å². The van der Waals surface area contributed by atoms with E-state index in [1.807, 2.05) is 30.3 Å². The highest BCUT2D eigenvalue weighted by Crippen LogP contribution is 2.31. The number of aliphatic carboxylic acids is 1. The molecule has 116 valence electrons. The van der Waals surface area contributed by atoms with Gasteiger partial charge in [0.05, 0.1) is 17.8 Å². The van der Waals surface area contributed by atoms with Gasteiger partial charge in [-0.1, -0.05) is 29.8 Å². The van der Waals surface area contributed by atoms with Gasteiger partial charge in [0, 0.05) is 11.1 Å². The Morgan fingerprint density at radius 3 is 2.39 bits per heavy atom. The molecule has 23 heavy (non-hydrogen) atoms. The van der Waals surface area contributed by atoms with E-state index in [2.05, 4.69) is 5.10 Å². The Balaban J connectivity index is 2.17. The number of hydrogen-bond donors (Lipinski definition) is 1. The summed E-state index contributed by atoms with van der Waals surface area (Å²) >= 11 is 6.35. The van der Waals surface area contributed by atoms with Gasteiger partial charge in [0.2, 0.25) is 0 Å². The standard InChI is InChI=1S/C17H12ClFN2O2/c18-17-14(10-15(22)23)16(11-6-8-12(19)9-7-11)20-21(17)13-4-2-1-3-5-13/h1-9H,10H2,(H,22,23). The first kappa shape index (κ1) is 15.2. The van der Waals surface area contributed by atoms with E-state index < -0.39 is 5.97 Å². The molecular formula is C17H12ClFN2O2. The highest BCUT2D eigenvalue weighted by atomic mass is 35.5. The van der Waals surface area contributed by atoms with Crippen LogP contribution in [0.15, 0.2) is 54.6 Å². The molecule has 3 rings (SSSR count). The average Bonchev–Trinajstić information content (AvgIpc) is 2.86. The van der Waals surface area contributed by atoms with Crippen LogP contribution in [-0.4, -0.2) is 20.9 Å². The van der Waals surface area contributed by atoms with Crippen LogP contribution in [0.3, 0.4) is 0 Å². The second-order valence-electron chi connectivity index (χ2n) is 4.94. The Morgan fingerprint density at radius 2 is 1.78 bits per heavy atom. The number of nitrogens with zero attached hydrogens (tertiary/aromatic N) is 2. The van der Waals surface area contributed by atoms with Gasteiger partial charge >= 0.3 is 5.97 Å². The van der Waals surface area contributed by atoms with Crippen LogP contribution in [0.2, 0.25) is 5.15 Å². The van der Waals surface area contributed by atoms with Crippen molar-refractivity contribution in [3.63, 3.8) is 0 Å². The van der Waals surface area contributed by atoms with Gasteiger partial charge < -0.3 is 5.11 Å². The summed E-state index contributed by atoms with van der Waals surface area (Å²) < 4.78 is 14.6. The topological polar surface area (TPSA) is 55.1 Å². The van der Waals surface area contributed by atoms with Crippen molar-refractivity contribution in [1.29, 1.82) is 0 Å². The van der Waals surface area contributed by atoms with Crippen LogP contribution in [0.25, 0.3) is 16.9 Å². The molecule has 2 aromatic carbocycles. The first-order chi connectivity index (χ1) is 11.1. The summed E-state index contributed by atoms with van der Waals surface area (Å²) in [5.74, 6) is -1.38. The summed E-state index contributed by atoms with van der Waals surface area (Å²) in [6.07, 6.45) is -0.265. The largest absolute Gasteiger partial charge is 0.481 e. The fraction of sp³-hybridized carbons (Fsp3) is 0.0588. The van der Waals surface area contributed by atoms with E-state index in [1.54, 1.807) is 12.1 Å². The van der Waals surface area contributed by atoms with E-state index in [0.717, 1.165) is 5.69 Å². The van der Waals surface area contributed by atoms with Crippen molar-refractivity contribution in [3.8, 4) is 16.9 Å². The molecule has 0 aliphatic carbocycles. The SMILES string of the molecule is O=C(O)Cc1c(-c2ccc(F)cc2)nn(-c2ccccc2)c1Cl. The number of carbonyl (C=O) groups is 1. The van der Waals surface area contributed by atoms with E-state index in [1.165, 1.54) is 16.8 Å². The minimum Gasteiger partial charge on any atom is -0.481 e. The van der Waals surface area contributed by atoms with Gasteiger partial charge in [-0.05, 0) is 36.4 Å². The fourth-order valence-corrected chi connectivity index (χ4v) is 2.61. The molecule has 0 bridgehead atoms. The highest BCUT2D eigenvalue weighted by molar-refractivity contribution is 6.31. The maximum absolute atomic E-state index is 13.1. The Labute approximate surface area is 136 Å². The van der Waals surface area contributed by atoms with E-state index in [4.69, 9.17) is 16.7 Å². The maximum atomic E-state index is 13.1. The molecule has 6 heteroatoms. The summed E-state index contributed by atoms with van der Waals surface area (Å²) in [6.45, 7) is 0. The lowest BCUT2D eigenvalue weighted by molar-refractivity contribution is -0.136. The minimum atomic E-state index is -1.01. The zero-order chi connectivity index (χ0) is 16.4. The summed E-state index contributed by atoms with van der Waals surface area (Å²) in [4.78, 5) is 11.1. The Bertz CT molecular complexity index is 845. The first-order valence-electron chi connectivity index (χ1n) is 6.87. The molecule has 0 radical (unpaired) electrons. The van der Waals surface area contributed by atoms with E-state index in [-0.39, 0.29) is 17.4 Å². The molecule has 0 aliphatic heterocycles. The predicted octanol–water partition coefficient (Wildman–Crippen LogP) is 3.96. The van der Waals surface area contributed by atoms with Crippen molar-refractivity contribution in [3.05, 3.63) is 71.1 Å². The van der Waals surface area contributed by atoms with Gasteiger partial charge in [-0.2, -0.15) is 5.10 Å². The van der Waals surface area contributed by atoms with Gasteiger partial charge in [0.1, 0.15) is 11.0 Å². The number of carboxylic acid groups (broad SMARTS) is 1. The maximum Gasteiger partial charge on any atom is 0.308 e. The van der Waals surface area contributed by atoms with Crippen LogP contribution in [-0.2, 0) is 11.2 Å². The summed E-state index contributed by atoms with van der Waals surface area (Å²) in [6, 6.07) is 14.9. The molecule has 1 aromatic heterocycles. The van der Waals surface area contributed by atoms with E-state index in [0.29, 0.717) is 16.8 Å².